The molecule has 1 aromatic heterocycles. The zero-order valence-corrected chi connectivity index (χ0v) is 22.2. The van der Waals surface area contributed by atoms with Crippen molar-refractivity contribution in [1.82, 2.24) is 9.55 Å². The summed E-state index contributed by atoms with van der Waals surface area (Å²) in [4.78, 5) is 26.1. The van der Waals surface area contributed by atoms with Gasteiger partial charge in [0.05, 0.1) is 13.2 Å². The summed E-state index contributed by atoms with van der Waals surface area (Å²) in [7, 11) is -3.01. The predicted molar refractivity (Wildman–Crippen MR) is 140 cm³/mol. The summed E-state index contributed by atoms with van der Waals surface area (Å²) in [6.07, 6.45) is -1.23. The van der Waals surface area contributed by atoms with Gasteiger partial charge >= 0.3 is 5.69 Å². The smallest absolute Gasteiger partial charge is 0.330 e. The number of benzene rings is 2. The monoisotopic (exact) mass is 530 g/mol. The zero-order valence-electron chi connectivity index (χ0n) is 20.4. The van der Waals surface area contributed by atoms with Crippen LogP contribution in [0.2, 0.25) is 5.04 Å². The molecule has 2 heterocycles. The van der Waals surface area contributed by atoms with Crippen LogP contribution in [0.5, 0.6) is 0 Å². The molecule has 0 spiro atoms. The Labute approximate surface area is 215 Å². The number of nitrogens with zero attached hydrogens (tertiary/aromatic N) is 1. The van der Waals surface area contributed by atoms with Crippen LogP contribution in [0.25, 0.3) is 0 Å². The lowest BCUT2D eigenvalue weighted by Crippen LogP contribution is -2.68. The van der Waals surface area contributed by atoms with Gasteiger partial charge in [0.1, 0.15) is 17.1 Å². The number of ether oxygens (including phenoxy) is 1. The molecule has 1 saturated heterocycles. The fourth-order valence-electron chi connectivity index (χ4n) is 4.95. The lowest BCUT2D eigenvalue weighted by atomic mass is 9.99. The molecule has 36 heavy (non-hydrogen) atoms. The molecular weight excluding hydrogens is 500 g/mol. The van der Waals surface area contributed by atoms with E-state index >= 15 is 0 Å². The van der Waals surface area contributed by atoms with E-state index in [0.29, 0.717) is 0 Å². The molecular formula is C26H31ClN2O6Si. The van der Waals surface area contributed by atoms with Crippen molar-refractivity contribution in [1.29, 1.82) is 0 Å². The van der Waals surface area contributed by atoms with Gasteiger partial charge in [-0.1, -0.05) is 81.4 Å². The van der Waals surface area contributed by atoms with Crippen molar-refractivity contribution >= 4 is 30.3 Å². The molecule has 0 unspecified atom stereocenters. The molecule has 0 bridgehead atoms. The molecule has 4 rings (SSSR count). The van der Waals surface area contributed by atoms with E-state index in [9.17, 15) is 19.8 Å². The van der Waals surface area contributed by atoms with Crippen LogP contribution >= 0.6 is 11.6 Å². The molecule has 10 heteroatoms. The van der Waals surface area contributed by atoms with Crippen molar-refractivity contribution in [3.05, 3.63) is 93.8 Å². The van der Waals surface area contributed by atoms with Crippen LogP contribution in [0.4, 0.5) is 0 Å². The first-order chi connectivity index (χ1) is 17.1. The van der Waals surface area contributed by atoms with E-state index in [1.807, 2.05) is 60.7 Å². The highest BCUT2D eigenvalue weighted by Crippen LogP contribution is 2.42. The Morgan fingerprint density at radius 3 is 2.08 bits per heavy atom. The maximum absolute atomic E-state index is 12.4. The quantitative estimate of drug-likeness (QED) is 0.314. The van der Waals surface area contributed by atoms with E-state index in [2.05, 4.69) is 25.8 Å². The predicted octanol–water partition coefficient (Wildman–Crippen LogP) is 1.34. The van der Waals surface area contributed by atoms with Gasteiger partial charge < -0.3 is 19.4 Å². The third-order valence-corrected chi connectivity index (χ3v) is 12.2. The second-order valence-electron chi connectivity index (χ2n) is 10.1. The fraction of sp³-hybridized carbons (Fsp3) is 0.385. The van der Waals surface area contributed by atoms with Gasteiger partial charge in [-0.05, 0) is 15.4 Å². The number of H-pyrrole nitrogens is 1. The molecule has 3 N–H and O–H groups in total. The maximum atomic E-state index is 12.4. The molecule has 4 atom stereocenters. The Hall–Kier alpha value is -2.53. The first-order valence-corrected chi connectivity index (χ1v) is 14.1. The molecule has 3 aromatic rings. The minimum absolute atomic E-state index is 0.171. The van der Waals surface area contributed by atoms with E-state index in [4.69, 9.17) is 20.8 Å². The van der Waals surface area contributed by atoms with Crippen LogP contribution in [-0.2, 0) is 9.16 Å². The van der Waals surface area contributed by atoms with E-state index in [1.54, 1.807) is 0 Å². The van der Waals surface area contributed by atoms with E-state index in [1.165, 1.54) is 12.3 Å². The molecule has 0 amide bonds. The third kappa shape index (κ3) is 4.51. The van der Waals surface area contributed by atoms with Gasteiger partial charge in [0.15, 0.2) is 6.23 Å². The first kappa shape index (κ1) is 26.5. The molecule has 0 aliphatic carbocycles. The summed E-state index contributed by atoms with van der Waals surface area (Å²) in [5.41, 5.74) is -2.89. The minimum Gasteiger partial charge on any atom is -0.404 e. The minimum atomic E-state index is -3.01. The van der Waals surface area contributed by atoms with Gasteiger partial charge in [-0.3, -0.25) is 14.3 Å². The number of nitrogens with one attached hydrogen (secondary N) is 1. The average molecular weight is 531 g/mol. The summed E-state index contributed by atoms with van der Waals surface area (Å²) in [5.74, 6) is 0. The number of alkyl halides is 1. The number of rotatable bonds is 7. The second kappa shape index (κ2) is 10.1. The molecule has 0 saturated carbocycles. The second-order valence-corrected chi connectivity index (χ2v) is 14.9. The fourth-order valence-corrected chi connectivity index (χ4v) is 9.97. The Morgan fingerprint density at radius 1 is 1.06 bits per heavy atom. The van der Waals surface area contributed by atoms with Crippen LogP contribution in [0.15, 0.2) is 82.5 Å². The van der Waals surface area contributed by atoms with Crippen LogP contribution in [0.3, 0.4) is 0 Å². The van der Waals surface area contributed by atoms with Crippen molar-refractivity contribution in [2.24, 2.45) is 0 Å². The first-order valence-electron chi connectivity index (χ1n) is 11.7. The standard InChI is InChI=1S/C26H31ClN2O6Si/c1-25(2,3)36(18-10-6-4-7-11-18,19-12-8-5-9-13-19)34-17-26(16-30)22(32)21(27)23(35-26)29-15-14-20(31)28-24(29)33/h4-15,21-23,30,32H,16-17H2,1-3H3,(H,28,31,33)/t21-,22+,23-,26-/m1/s1. The highest BCUT2D eigenvalue weighted by atomic mass is 35.5. The summed E-state index contributed by atoms with van der Waals surface area (Å²) in [5, 5.41) is 22.3. The maximum Gasteiger partial charge on any atom is 0.330 e. The Balaban J connectivity index is 1.77. The molecule has 1 aliphatic heterocycles. The van der Waals surface area contributed by atoms with Gasteiger partial charge in [-0.15, -0.1) is 11.6 Å². The van der Waals surface area contributed by atoms with Crippen LogP contribution in [-0.4, -0.2) is 58.4 Å². The van der Waals surface area contributed by atoms with Crippen LogP contribution in [0.1, 0.15) is 27.0 Å². The van der Waals surface area contributed by atoms with Gasteiger partial charge in [-0.2, -0.15) is 0 Å². The molecule has 192 valence electrons. The van der Waals surface area contributed by atoms with Crippen molar-refractivity contribution in [3.63, 3.8) is 0 Å². The normalized spacial score (nSPS) is 24.7. The topological polar surface area (TPSA) is 114 Å². The van der Waals surface area contributed by atoms with Crippen molar-refractivity contribution in [2.45, 2.75) is 49.1 Å². The SMILES string of the molecule is CC(C)(C)[Si](OC[C@@]1(CO)O[C@@H](n2ccc(=O)[nH]c2=O)[C@H](Cl)[C@@H]1O)(c1ccccc1)c1ccccc1. The summed E-state index contributed by atoms with van der Waals surface area (Å²) < 4.78 is 14.1. The average Bonchev–Trinajstić information content (AvgIpc) is 3.10. The van der Waals surface area contributed by atoms with Crippen molar-refractivity contribution in [2.75, 3.05) is 13.2 Å². The Morgan fingerprint density at radius 2 is 1.61 bits per heavy atom. The molecule has 8 nitrogen and oxygen atoms in total. The number of halogens is 1. The molecule has 0 radical (unpaired) electrons. The lowest BCUT2D eigenvalue weighted by Gasteiger charge is -2.45. The Kier molecular flexibility index (Phi) is 7.43. The number of aliphatic hydroxyl groups excluding tert-OH is 2. The number of aromatic amines is 1. The third-order valence-electron chi connectivity index (χ3n) is 6.81. The number of aromatic nitrogens is 2. The zero-order chi connectivity index (χ0) is 26.1. The summed E-state index contributed by atoms with van der Waals surface area (Å²) in [6.45, 7) is 5.58. The van der Waals surface area contributed by atoms with Crippen LogP contribution in [0, 0.1) is 0 Å². The van der Waals surface area contributed by atoms with Crippen LogP contribution < -0.4 is 21.6 Å². The van der Waals surface area contributed by atoms with E-state index < -0.39 is 49.5 Å². The number of hydrogen-bond acceptors (Lipinski definition) is 6. The molecule has 1 fully saturated rings. The van der Waals surface area contributed by atoms with Crippen molar-refractivity contribution in [3.8, 4) is 0 Å². The summed E-state index contributed by atoms with van der Waals surface area (Å²) >= 11 is 6.53. The highest BCUT2D eigenvalue weighted by Gasteiger charge is 2.58. The van der Waals surface area contributed by atoms with E-state index in [-0.39, 0.29) is 11.6 Å². The molecule has 2 aromatic carbocycles. The van der Waals surface area contributed by atoms with Gasteiger partial charge in [0.25, 0.3) is 13.9 Å². The number of aliphatic hydroxyl groups is 2. The van der Waals surface area contributed by atoms with Gasteiger partial charge in [0.2, 0.25) is 0 Å². The molecule has 1 aliphatic rings. The van der Waals surface area contributed by atoms with Gasteiger partial charge in [0, 0.05) is 12.3 Å². The largest absolute Gasteiger partial charge is 0.404 e. The highest BCUT2D eigenvalue weighted by molar-refractivity contribution is 6.99. The van der Waals surface area contributed by atoms with Gasteiger partial charge in [-0.25, -0.2) is 4.79 Å². The lowest BCUT2D eigenvalue weighted by molar-refractivity contribution is -0.147. The van der Waals surface area contributed by atoms with E-state index in [0.717, 1.165) is 14.9 Å². The van der Waals surface area contributed by atoms with Crippen molar-refractivity contribution < 1.29 is 19.4 Å². The Bertz CT molecular complexity index is 1250. The summed E-state index contributed by atoms with van der Waals surface area (Å²) in [6, 6.07) is 21.1. The number of hydrogen-bond donors (Lipinski definition) is 3.